The van der Waals surface area contributed by atoms with Crippen molar-refractivity contribution in [3.8, 4) is 10.6 Å². The minimum atomic E-state index is -0.712. The third kappa shape index (κ3) is 5.77. The first-order chi connectivity index (χ1) is 14.4. The summed E-state index contributed by atoms with van der Waals surface area (Å²) in [7, 11) is 0. The van der Waals surface area contributed by atoms with E-state index in [2.05, 4.69) is 15.7 Å². The molecule has 0 aliphatic rings. The van der Waals surface area contributed by atoms with Gasteiger partial charge in [0.15, 0.2) is 6.61 Å². The van der Waals surface area contributed by atoms with Gasteiger partial charge in [0.2, 0.25) is 0 Å². The van der Waals surface area contributed by atoms with Gasteiger partial charge in [-0.3, -0.25) is 14.8 Å². The van der Waals surface area contributed by atoms with Crippen LogP contribution in [0, 0.1) is 0 Å². The van der Waals surface area contributed by atoms with Crippen LogP contribution in [0.4, 0.5) is 4.79 Å². The third-order valence-electron chi connectivity index (χ3n) is 3.93. The van der Waals surface area contributed by atoms with Crippen molar-refractivity contribution in [1.29, 1.82) is 0 Å². The molecule has 0 aliphatic carbocycles. The second kappa shape index (κ2) is 9.84. The number of urea groups is 1. The second-order valence-electron chi connectivity index (χ2n) is 6.80. The lowest BCUT2D eigenvalue weighted by Crippen LogP contribution is -2.44. The highest BCUT2D eigenvalue weighted by Crippen LogP contribution is 2.27. The molecule has 9 heteroatoms. The molecule has 3 aromatic rings. The van der Waals surface area contributed by atoms with E-state index in [9.17, 15) is 14.4 Å². The number of ether oxygens (including phenoxy) is 1. The standard InChI is InChI=1S/C21H22N4O4S/c1-14(2)22-21(28)23-18(26)13-29-20(27)16-12-25(11-15-7-4-3-5-8-15)24-19(16)17-9-6-10-30-17/h3-10,12,14H,11,13H2,1-2H3,(H2,22,23,26,28). The molecule has 0 fully saturated rings. The predicted molar refractivity (Wildman–Crippen MR) is 113 cm³/mol. The molecule has 30 heavy (non-hydrogen) atoms. The van der Waals surface area contributed by atoms with Gasteiger partial charge in [-0.15, -0.1) is 11.3 Å². The van der Waals surface area contributed by atoms with E-state index in [1.54, 1.807) is 24.7 Å². The molecule has 0 unspecified atom stereocenters. The zero-order chi connectivity index (χ0) is 21.5. The number of thiophene rings is 1. The van der Waals surface area contributed by atoms with Gasteiger partial charge in [0, 0.05) is 12.2 Å². The van der Waals surface area contributed by atoms with Gasteiger partial charge in [-0.05, 0) is 30.9 Å². The summed E-state index contributed by atoms with van der Waals surface area (Å²) >= 11 is 1.45. The number of hydrogen-bond donors (Lipinski definition) is 2. The quantitative estimate of drug-likeness (QED) is 0.566. The van der Waals surface area contributed by atoms with Crippen LogP contribution in [0.1, 0.15) is 29.8 Å². The molecule has 2 N–H and O–H groups in total. The molecule has 8 nitrogen and oxygen atoms in total. The number of benzene rings is 1. The Labute approximate surface area is 177 Å². The van der Waals surface area contributed by atoms with Crippen molar-refractivity contribution < 1.29 is 19.1 Å². The Morgan fingerprint density at radius 2 is 1.90 bits per heavy atom. The molecule has 3 rings (SSSR count). The van der Waals surface area contributed by atoms with Crippen LogP contribution < -0.4 is 10.6 Å². The zero-order valence-electron chi connectivity index (χ0n) is 16.6. The van der Waals surface area contributed by atoms with Crippen molar-refractivity contribution in [2.45, 2.75) is 26.4 Å². The lowest BCUT2D eigenvalue weighted by atomic mass is 10.2. The number of esters is 1. The van der Waals surface area contributed by atoms with E-state index in [4.69, 9.17) is 4.74 Å². The van der Waals surface area contributed by atoms with Crippen LogP contribution in [0.2, 0.25) is 0 Å². The molecule has 0 atom stereocenters. The Hall–Kier alpha value is -3.46. The molecule has 3 amide bonds. The molecule has 0 aliphatic heterocycles. The fourth-order valence-electron chi connectivity index (χ4n) is 2.69. The number of aromatic nitrogens is 2. The minimum absolute atomic E-state index is 0.121. The van der Waals surface area contributed by atoms with Crippen LogP contribution in [-0.4, -0.2) is 40.3 Å². The lowest BCUT2D eigenvalue weighted by molar-refractivity contribution is -0.123. The summed E-state index contributed by atoms with van der Waals surface area (Å²) in [6.45, 7) is 3.45. The van der Waals surface area contributed by atoms with Gasteiger partial charge in [-0.2, -0.15) is 5.10 Å². The number of carbonyl (C=O) groups excluding carboxylic acids is 3. The van der Waals surface area contributed by atoms with Gasteiger partial charge in [0.25, 0.3) is 5.91 Å². The lowest BCUT2D eigenvalue weighted by Gasteiger charge is -2.09. The van der Waals surface area contributed by atoms with E-state index in [0.717, 1.165) is 10.4 Å². The summed E-state index contributed by atoms with van der Waals surface area (Å²) < 4.78 is 6.78. The molecule has 0 saturated heterocycles. The predicted octanol–water partition coefficient (Wildman–Crippen LogP) is 3.05. The maximum atomic E-state index is 12.6. The summed E-state index contributed by atoms with van der Waals surface area (Å²) in [4.78, 5) is 36.9. The monoisotopic (exact) mass is 426 g/mol. The molecule has 2 aromatic heterocycles. The highest BCUT2D eigenvalue weighted by molar-refractivity contribution is 7.13. The molecular weight excluding hydrogens is 404 g/mol. The third-order valence-corrected chi connectivity index (χ3v) is 4.81. The van der Waals surface area contributed by atoms with E-state index >= 15 is 0 Å². The molecular formula is C21H22N4O4S. The van der Waals surface area contributed by atoms with Crippen LogP contribution in [0.15, 0.2) is 54.0 Å². The largest absolute Gasteiger partial charge is 0.452 e. The van der Waals surface area contributed by atoms with E-state index < -0.39 is 24.5 Å². The Balaban J connectivity index is 1.71. The number of hydrogen-bond acceptors (Lipinski definition) is 6. The second-order valence-corrected chi connectivity index (χ2v) is 7.75. The van der Waals surface area contributed by atoms with Crippen molar-refractivity contribution in [1.82, 2.24) is 20.4 Å². The van der Waals surface area contributed by atoms with Crippen molar-refractivity contribution in [3.63, 3.8) is 0 Å². The van der Waals surface area contributed by atoms with Gasteiger partial charge in [0.1, 0.15) is 11.3 Å². The fourth-order valence-corrected chi connectivity index (χ4v) is 3.41. The van der Waals surface area contributed by atoms with Crippen molar-refractivity contribution >= 4 is 29.2 Å². The molecule has 156 valence electrons. The van der Waals surface area contributed by atoms with Crippen LogP contribution in [0.25, 0.3) is 10.6 Å². The number of imide groups is 1. The Morgan fingerprint density at radius 3 is 2.57 bits per heavy atom. The molecule has 0 saturated carbocycles. The van der Waals surface area contributed by atoms with Crippen molar-refractivity contribution in [3.05, 3.63) is 65.2 Å². The van der Waals surface area contributed by atoms with Crippen molar-refractivity contribution in [2.24, 2.45) is 0 Å². The van der Waals surface area contributed by atoms with Gasteiger partial charge < -0.3 is 10.1 Å². The SMILES string of the molecule is CC(C)NC(=O)NC(=O)COC(=O)c1cn(Cc2ccccc2)nc1-c1cccs1. The van der Waals surface area contributed by atoms with Gasteiger partial charge in [-0.25, -0.2) is 9.59 Å². The number of nitrogens with zero attached hydrogens (tertiary/aromatic N) is 2. The van der Waals surface area contributed by atoms with Crippen molar-refractivity contribution in [2.75, 3.05) is 6.61 Å². The summed E-state index contributed by atoms with van der Waals surface area (Å²) in [5.74, 6) is -1.40. The van der Waals surface area contributed by atoms with Crippen LogP contribution >= 0.6 is 11.3 Å². The fraction of sp³-hybridized carbons (Fsp3) is 0.238. The molecule has 0 spiro atoms. The van der Waals surface area contributed by atoms with Gasteiger partial charge in [-0.1, -0.05) is 36.4 Å². The van der Waals surface area contributed by atoms with E-state index in [1.165, 1.54) is 11.3 Å². The maximum absolute atomic E-state index is 12.6. The minimum Gasteiger partial charge on any atom is -0.452 e. The molecule has 0 bridgehead atoms. The molecule has 0 radical (unpaired) electrons. The van der Waals surface area contributed by atoms with E-state index in [1.807, 2.05) is 47.8 Å². The highest BCUT2D eigenvalue weighted by Gasteiger charge is 2.21. The zero-order valence-corrected chi connectivity index (χ0v) is 17.4. The first-order valence-corrected chi connectivity index (χ1v) is 10.2. The topological polar surface area (TPSA) is 102 Å². The van der Waals surface area contributed by atoms with E-state index in [0.29, 0.717) is 12.2 Å². The normalized spacial score (nSPS) is 10.6. The average molecular weight is 426 g/mol. The Kier molecular flexibility index (Phi) is 6.97. The first-order valence-electron chi connectivity index (χ1n) is 9.35. The number of carbonyl (C=O) groups is 3. The molecule has 2 heterocycles. The Bertz CT molecular complexity index is 1010. The number of nitrogens with one attached hydrogen (secondary N) is 2. The van der Waals surface area contributed by atoms with Gasteiger partial charge >= 0.3 is 12.0 Å². The smallest absolute Gasteiger partial charge is 0.342 e. The first kappa shape index (κ1) is 21.3. The summed E-state index contributed by atoms with van der Waals surface area (Å²) in [6, 6.07) is 12.7. The van der Waals surface area contributed by atoms with E-state index in [-0.39, 0.29) is 11.6 Å². The molecule has 1 aromatic carbocycles. The maximum Gasteiger partial charge on any atom is 0.342 e. The summed E-state index contributed by atoms with van der Waals surface area (Å²) in [6.07, 6.45) is 1.60. The number of amides is 3. The van der Waals surface area contributed by atoms with Crippen LogP contribution in [-0.2, 0) is 16.1 Å². The summed E-state index contributed by atoms with van der Waals surface area (Å²) in [5, 5.41) is 11.1. The van der Waals surface area contributed by atoms with Gasteiger partial charge in [0.05, 0.1) is 11.4 Å². The Morgan fingerprint density at radius 1 is 1.13 bits per heavy atom. The highest BCUT2D eigenvalue weighted by atomic mass is 32.1. The average Bonchev–Trinajstić information content (AvgIpc) is 3.36. The number of rotatable bonds is 7. The van der Waals surface area contributed by atoms with Crippen LogP contribution in [0.3, 0.4) is 0 Å². The summed E-state index contributed by atoms with van der Waals surface area (Å²) in [5.41, 5.74) is 1.78. The van der Waals surface area contributed by atoms with Crippen LogP contribution in [0.5, 0.6) is 0 Å².